The van der Waals surface area contributed by atoms with Crippen LogP contribution >= 0.6 is 27.5 Å². The Hall–Kier alpha value is -0.630. The van der Waals surface area contributed by atoms with Crippen molar-refractivity contribution in [2.75, 3.05) is 0 Å². The molecule has 1 aromatic carbocycles. The molecule has 21 heavy (non-hydrogen) atoms. The van der Waals surface area contributed by atoms with Crippen molar-refractivity contribution in [1.29, 1.82) is 0 Å². The Labute approximate surface area is 136 Å². The number of hydrogen-bond donors (Lipinski definition) is 2. The van der Waals surface area contributed by atoms with Crippen molar-refractivity contribution >= 4 is 43.5 Å². The second-order valence-corrected chi connectivity index (χ2v) is 8.10. The fraction of sp³-hybridized carbons (Fsp3) is 0.462. The number of hydrogen-bond acceptors (Lipinski definition) is 3. The van der Waals surface area contributed by atoms with Gasteiger partial charge in [0.15, 0.2) is 0 Å². The summed E-state index contributed by atoms with van der Waals surface area (Å²) in [5.74, 6) is -1.14. The topological polar surface area (TPSA) is 83.5 Å². The van der Waals surface area contributed by atoms with Crippen LogP contribution in [0.4, 0.5) is 0 Å². The van der Waals surface area contributed by atoms with Crippen molar-refractivity contribution in [2.45, 2.75) is 42.5 Å². The van der Waals surface area contributed by atoms with Crippen LogP contribution in [0, 0.1) is 0 Å². The number of halogens is 2. The monoisotopic (exact) mass is 395 g/mol. The van der Waals surface area contributed by atoms with Gasteiger partial charge in [-0.1, -0.05) is 46.8 Å². The first-order valence-corrected chi connectivity index (χ1v) is 9.15. The number of carboxylic acids is 1. The fourth-order valence-corrected chi connectivity index (χ4v) is 4.98. The number of benzene rings is 1. The van der Waals surface area contributed by atoms with Crippen LogP contribution in [-0.2, 0) is 14.8 Å². The van der Waals surface area contributed by atoms with E-state index >= 15 is 0 Å². The quantitative estimate of drug-likeness (QED) is 0.819. The normalized spacial score (nSPS) is 18.4. The Morgan fingerprint density at radius 1 is 1.29 bits per heavy atom. The van der Waals surface area contributed by atoms with Crippen LogP contribution in [0.25, 0.3) is 0 Å². The molecule has 0 aliphatic heterocycles. The van der Waals surface area contributed by atoms with E-state index in [1.54, 1.807) is 6.07 Å². The van der Waals surface area contributed by atoms with Crippen LogP contribution < -0.4 is 4.72 Å². The Morgan fingerprint density at radius 2 is 1.90 bits per heavy atom. The van der Waals surface area contributed by atoms with Crippen LogP contribution in [-0.4, -0.2) is 25.0 Å². The lowest BCUT2D eigenvalue weighted by Gasteiger charge is -2.33. The van der Waals surface area contributed by atoms with E-state index in [2.05, 4.69) is 20.7 Å². The zero-order valence-corrected chi connectivity index (χ0v) is 14.3. The summed E-state index contributed by atoms with van der Waals surface area (Å²) in [6, 6.07) is 4.37. The second kappa shape index (κ2) is 6.24. The van der Waals surface area contributed by atoms with Crippen molar-refractivity contribution in [3.63, 3.8) is 0 Å². The summed E-state index contributed by atoms with van der Waals surface area (Å²) < 4.78 is 27.9. The van der Waals surface area contributed by atoms with Crippen molar-refractivity contribution in [1.82, 2.24) is 4.72 Å². The third kappa shape index (κ3) is 3.59. The maximum atomic E-state index is 12.5. The number of carbonyl (C=O) groups is 1. The van der Waals surface area contributed by atoms with Crippen LogP contribution in [0.5, 0.6) is 0 Å². The van der Waals surface area contributed by atoms with Gasteiger partial charge < -0.3 is 5.11 Å². The molecular formula is C13H15BrClNO4S. The molecule has 0 unspecified atom stereocenters. The zero-order chi connectivity index (χ0) is 15.7. The highest BCUT2D eigenvalue weighted by molar-refractivity contribution is 9.10. The molecule has 0 atom stereocenters. The summed E-state index contributed by atoms with van der Waals surface area (Å²) in [6.45, 7) is 0. The first-order valence-electron chi connectivity index (χ1n) is 6.49. The summed E-state index contributed by atoms with van der Waals surface area (Å²) >= 11 is 9.16. The van der Waals surface area contributed by atoms with Crippen molar-refractivity contribution in [2.24, 2.45) is 0 Å². The van der Waals surface area contributed by atoms with E-state index in [0.717, 1.165) is 6.42 Å². The average molecular weight is 397 g/mol. The van der Waals surface area contributed by atoms with Gasteiger partial charge in [0.05, 0.1) is 5.02 Å². The summed E-state index contributed by atoms with van der Waals surface area (Å²) in [4.78, 5) is 11.4. The van der Waals surface area contributed by atoms with Gasteiger partial charge in [-0.25, -0.2) is 8.42 Å². The van der Waals surface area contributed by atoms with E-state index in [0.29, 0.717) is 17.3 Å². The molecule has 0 spiro atoms. The summed E-state index contributed by atoms with van der Waals surface area (Å²) in [6.07, 6.45) is 2.85. The van der Waals surface area contributed by atoms with Gasteiger partial charge in [-0.2, -0.15) is 4.72 Å². The molecule has 2 rings (SSSR count). The molecule has 0 radical (unpaired) electrons. The molecule has 2 N–H and O–H groups in total. The molecule has 1 aliphatic carbocycles. The molecule has 1 fully saturated rings. The van der Waals surface area contributed by atoms with Crippen molar-refractivity contribution in [3.05, 3.63) is 27.7 Å². The zero-order valence-electron chi connectivity index (χ0n) is 11.1. The van der Waals surface area contributed by atoms with Crippen LogP contribution in [0.1, 0.15) is 32.1 Å². The van der Waals surface area contributed by atoms with Crippen molar-refractivity contribution in [3.8, 4) is 0 Å². The molecular weight excluding hydrogens is 382 g/mol. The minimum absolute atomic E-state index is 0.0493. The summed E-state index contributed by atoms with van der Waals surface area (Å²) in [7, 11) is -3.99. The molecule has 0 amide bonds. The summed E-state index contributed by atoms with van der Waals surface area (Å²) in [5.41, 5.74) is -1.44. The Bertz CT molecular complexity index is 656. The number of rotatable bonds is 4. The summed E-state index contributed by atoms with van der Waals surface area (Å²) in [5, 5.41) is 9.49. The molecule has 0 saturated heterocycles. The van der Waals surface area contributed by atoms with Crippen LogP contribution in [0.2, 0.25) is 5.02 Å². The van der Waals surface area contributed by atoms with E-state index in [-0.39, 0.29) is 22.8 Å². The lowest BCUT2D eigenvalue weighted by Crippen LogP contribution is -2.55. The van der Waals surface area contributed by atoms with E-state index < -0.39 is 21.5 Å². The minimum atomic E-state index is -3.99. The first-order chi connectivity index (χ1) is 9.77. The Morgan fingerprint density at radius 3 is 2.43 bits per heavy atom. The van der Waals surface area contributed by atoms with Gasteiger partial charge in [0.25, 0.3) is 0 Å². The molecule has 8 heteroatoms. The predicted octanol–water partition coefficient (Wildman–Crippen LogP) is 3.17. The lowest BCUT2D eigenvalue weighted by molar-refractivity contribution is -0.145. The van der Waals surface area contributed by atoms with E-state index in [9.17, 15) is 18.3 Å². The van der Waals surface area contributed by atoms with Gasteiger partial charge in [0.1, 0.15) is 10.4 Å². The van der Waals surface area contributed by atoms with Gasteiger partial charge >= 0.3 is 5.97 Å². The predicted molar refractivity (Wildman–Crippen MR) is 82.9 cm³/mol. The molecule has 0 heterocycles. The van der Waals surface area contributed by atoms with Gasteiger partial charge in [0.2, 0.25) is 10.0 Å². The van der Waals surface area contributed by atoms with Crippen LogP contribution in [0.15, 0.2) is 27.6 Å². The smallest absolute Gasteiger partial charge is 0.324 e. The molecule has 1 aromatic rings. The third-order valence-electron chi connectivity index (χ3n) is 3.63. The maximum Gasteiger partial charge on any atom is 0.324 e. The van der Waals surface area contributed by atoms with Gasteiger partial charge in [-0.3, -0.25) is 4.79 Å². The van der Waals surface area contributed by atoms with Crippen LogP contribution in [0.3, 0.4) is 0 Å². The van der Waals surface area contributed by atoms with Gasteiger partial charge in [-0.15, -0.1) is 0 Å². The lowest BCUT2D eigenvalue weighted by atomic mass is 9.83. The Kier molecular flexibility index (Phi) is 4.97. The van der Waals surface area contributed by atoms with E-state index in [4.69, 9.17) is 11.6 Å². The maximum absolute atomic E-state index is 12.5. The Balaban J connectivity index is 2.37. The van der Waals surface area contributed by atoms with Crippen molar-refractivity contribution < 1.29 is 18.3 Å². The molecule has 5 nitrogen and oxygen atoms in total. The first kappa shape index (κ1) is 16.7. The standard InChI is InChI=1S/C13H15BrClNO4S/c14-9-4-5-11(10(15)8-9)21(19,20)16-13(12(17)18)6-2-1-3-7-13/h4-5,8,16H,1-3,6-7H2,(H,17,18). The van der Waals surface area contributed by atoms with Gasteiger partial charge in [-0.05, 0) is 31.0 Å². The minimum Gasteiger partial charge on any atom is -0.480 e. The third-order valence-corrected chi connectivity index (χ3v) is 6.14. The molecule has 1 aliphatic rings. The van der Waals surface area contributed by atoms with E-state index in [1.807, 2.05) is 0 Å². The number of nitrogens with one attached hydrogen (secondary N) is 1. The molecule has 0 aromatic heterocycles. The number of sulfonamides is 1. The molecule has 0 bridgehead atoms. The molecule has 116 valence electrons. The average Bonchev–Trinajstić information content (AvgIpc) is 2.38. The number of carboxylic acid groups (broad SMARTS) is 1. The molecule has 1 saturated carbocycles. The largest absolute Gasteiger partial charge is 0.480 e. The number of aliphatic carboxylic acids is 1. The SMILES string of the molecule is O=C(O)C1(NS(=O)(=O)c2ccc(Br)cc2Cl)CCCCC1. The van der Waals surface area contributed by atoms with E-state index in [1.165, 1.54) is 12.1 Å². The highest BCUT2D eigenvalue weighted by Crippen LogP contribution is 2.32. The highest BCUT2D eigenvalue weighted by Gasteiger charge is 2.43. The second-order valence-electron chi connectivity index (χ2n) is 5.13. The fourth-order valence-electron chi connectivity index (χ4n) is 2.52. The highest BCUT2D eigenvalue weighted by atomic mass is 79.9. The van der Waals surface area contributed by atoms with Gasteiger partial charge in [0, 0.05) is 4.47 Å².